The van der Waals surface area contributed by atoms with Crippen molar-refractivity contribution in [2.45, 2.75) is 52.2 Å². The summed E-state index contributed by atoms with van der Waals surface area (Å²) in [4.78, 5) is 15.6. The molecule has 3 rings (SSSR count). The van der Waals surface area contributed by atoms with Gasteiger partial charge in [-0.15, -0.1) is 0 Å². The lowest BCUT2D eigenvalue weighted by Crippen LogP contribution is -2.49. The lowest BCUT2D eigenvalue weighted by molar-refractivity contribution is -0.122. The van der Waals surface area contributed by atoms with Crippen molar-refractivity contribution >= 4 is 33.2 Å². The monoisotopic (exact) mass is 477 g/mol. The van der Waals surface area contributed by atoms with Gasteiger partial charge in [-0.1, -0.05) is 48.9 Å². The predicted molar refractivity (Wildman–Crippen MR) is 130 cm³/mol. The first-order valence-electron chi connectivity index (χ1n) is 11.0. The number of hydrogen-bond donors (Lipinski definition) is 1. The van der Waals surface area contributed by atoms with E-state index < -0.39 is 16.1 Å². The first-order chi connectivity index (χ1) is 15.2. The van der Waals surface area contributed by atoms with E-state index in [1.165, 1.54) is 22.7 Å². The summed E-state index contributed by atoms with van der Waals surface area (Å²) in [5.41, 5.74) is 3.47. The molecule has 1 aliphatic heterocycles. The molecule has 1 saturated heterocycles. The van der Waals surface area contributed by atoms with Crippen LogP contribution in [0.5, 0.6) is 0 Å². The highest BCUT2D eigenvalue weighted by Gasteiger charge is 2.31. The van der Waals surface area contributed by atoms with E-state index in [1.807, 2.05) is 25.1 Å². The van der Waals surface area contributed by atoms with Gasteiger partial charge in [0.05, 0.1) is 11.9 Å². The number of rotatable bonds is 9. The molecule has 1 amide bonds. The highest BCUT2D eigenvalue weighted by Crippen LogP contribution is 2.27. The van der Waals surface area contributed by atoms with Gasteiger partial charge in [-0.25, -0.2) is 8.42 Å². The summed E-state index contributed by atoms with van der Waals surface area (Å²) < 4.78 is 26.5. The molecular formula is C24H32ClN3O3S. The molecule has 0 bridgehead atoms. The summed E-state index contributed by atoms with van der Waals surface area (Å²) in [5.74, 6) is -0.328. The number of nitrogens with zero attached hydrogens (tertiary/aromatic N) is 2. The van der Waals surface area contributed by atoms with Gasteiger partial charge in [0.15, 0.2) is 0 Å². The molecule has 8 heteroatoms. The number of halogens is 1. The Bertz CT molecular complexity index is 1050. The van der Waals surface area contributed by atoms with E-state index >= 15 is 0 Å². The molecule has 1 fully saturated rings. The van der Waals surface area contributed by atoms with Crippen LogP contribution in [0, 0.1) is 6.92 Å². The number of likely N-dealkylation sites (tertiary alicyclic amines) is 1. The summed E-state index contributed by atoms with van der Waals surface area (Å²) in [5, 5.41) is 3.43. The highest BCUT2D eigenvalue weighted by atomic mass is 35.5. The van der Waals surface area contributed by atoms with E-state index in [0.717, 1.165) is 37.0 Å². The minimum Gasteiger partial charge on any atom is -0.350 e. The van der Waals surface area contributed by atoms with E-state index in [2.05, 4.69) is 16.3 Å². The number of carbonyl (C=O) groups is 1. The van der Waals surface area contributed by atoms with Gasteiger partial charge in [-0.3, -0.25) is 14.0 Å². The minimum atomic E-state index is -3.70. The molecule has 174 valence electrons. The zero-order valence-corrected chi connectivity index (χ0v) is 20.5. The summed E-state index contributed by atoms with van der Waals surface area (Å²) in [6, 6.07) is 12.3. The number of benzene rings is 2. The van der Waals surface area contributed by atoms with Gasteiger partial charge in [0, 0.05) is 18.1 Å². The van der Waals surface area contributed by atoms with E-state index in [-0.39, 0.29) is 5.91 Å². The maximum absolute atomic E-state index is 13.2. The van der Waals surface area contributed by atoms with Crippen LogP contribution in [0.4, 0.5) is 5.69 Å². The fraction of sp³-hybridized carbons (Fsp3) is 0.458. The molecule has 0 saturated carbocycles. The number of nitrogens with one attached hydrogen (secondary N) is 1. The van der Waals surface area contributed by atoms with Gasteiger partial charge >= 0.3 is 0 Å². The molecule has 0 aromatic heterocycles. The van der Waals surface area contributed by atoms with Crippen LogP contribution in [0.2, 0.25) is 5.02 Å². The largest absolute Gasteiger partial charge is 0.350 e. The van der Waals surface area contributed by atoms with Crippen molar-refractivity contribution in [1.29, 1.82) is 0 Å². The van der Waals surface area contributed by atoms with Crippen LogP contribution in [0.1, 0.15) is 42.9 Å². The second-order valence-electron chi connectivity index (χ2n) is 8.39. The van der Waals surface area contributed by atoms with Crippen molar-refractivity contribution in [1.82, 2.24) is 10.2 Å². The van der Waals surface area contributed by atoms with Crippen LogP contribution in [0.15, 0.2) is 42.5 Å². The molecule has 6 nitrogen and oxygen atoms in total. The first kappa shape index (κ1) is 24.6. The molecule has 2 aromatic carbocycles. The predicted octanol–water partition coefficient (Wildman–Crippen LogP) is 4.11. The molecular weight excluding hydrogens is 446 g/mol. The summed E-state index contributed by atoms with van der Waals surface area (Å²) >= 11 is 6.24. The summed E-state index contributed by atoms with van der Waals surface area (Å²) in [7, 11) is -3.70. The smallest absolute Gasteiger partial charge is 0.244 e. The van der Waals surface area contributed by atoms with E-state index in [0.29, 0.717) is 23.7 Å². The lowest BCUT2D eigenvalue weighted by Gasteiger charge is -2.30. The Kier molecular flexibility index (Phi) is 8.20. The number of amides is 1. The van der Waals surface area contributed by atoms with Crippen molar-refractivity contribution in [2.24, 2.45) is 0 Å². The van der Waals surface area contributed by atoms with E-state index in [1.54, 1.807) is 25.1 Å². The molecule has 0 unspecified atom stereocenters. The minimum absolute atomic E-state index is 0.328. The molecule has 1 atom stereocenters. The molecule has 0 spiro atoms. The molecule has 0 radical (unpaired) electrons. The third kappa shape index (κ3) is 6.03. The van der Waals surface area contributed by atoms with Crippen LogP contribution >= 0.6 is 11.6 Å². The molecule has 1 heterocycles. The zero-order valence-electron chi connectivity index (χ0n) is 19.0. The average molecular weight is 478 g/mol. The van der Waals surface area contributed by atoms with Gasteiger partial charge in [-0.2, -0.15) is 0 Å². The Hall–Kier alpha value is -2.09. The van der Waals surface area contributed by atoms with E-state index in [4.69, 9.17) is 11.6 Å². The zero-order chi connectivity index (χ0) is 23.3. The number of carbonyl (C=O) groups excluding carboxylic acids is 1. The lowest BCUT2D eigenvalue weighted by atomic mass is 10.1. The number of hydrogen-bond acceptors (Lipinski definition) is 4. The van der Waals surface area contributed by atoms with Crippen molar-refractivity contribution in [3.8, 4) is 0 Å². The van der Waals surface area contributed by atoms with Gasteiger partial charge in [-0.05, 0) is 68.1 Å². The van der Waals surface area contributed by atoms with Crippen molar-refractivity contribution < 1.29 is 13.2 Å². The third-order valence-electron chi connectivity index (χ3n) is 5.90. The molecule has 1 N–H and O–H groups in total. The Balaban J connectivity index is 1.78. The van der Waals surface area contributed by atoms with Gasteiger partial charge in [0.25, 0.3) is 0 Å². The fourth-order valence-electron chi connectivity index (χ4n) is 4.15. The van der Waals surface area contributed by atoms with Crippen LogP contribution in [0.3, 0.4) is 0 Å². The van der Waals surface area contributed by atoms with Crippen molar-refractivity contribution in [3.05, 3.63) is 64.2 Å². The second kappa shape index (κ2) is 10.7. The Morgan fingerprint density at radius 1 is 1.16 bits per heavy atom. The maximum Gasteiger partial charge on any atom is 0.244 e. The first-order valence-corrected chi connectivity index (χ1v) is 13.3. The molecule has 2 aromatic rings. The van der Waals surface area contributed by atoms with Gasteiger partial charge < -0.3 is 5.32 Å². The maximum atomic E-state index is 13.2. The SMILES string of the molecule is CC[C@H](C(=O)NCc1ccccc1CN1CCCC1)N(c1ccc(C)c(Cl)c1)S(C)(=O)=O. The van der Waals surface area contributed by atoms with Crippen molar-refractivity contribution in [3.63, 3.8) is 0 Å². The number of aryl methyl sites for hydroxylation is 1. The summed E-state index contributed by atoms with van der Waals surface area (Å²) in [6.45, 7) is 7.06. The number of sulfonamides is 1. The van der Waals surface area contributed by atoms with Gasteiger partial charge in [0.2, 0.25) is 15.9 Å². The Labute approximate surface area is 196 Å². The second-order valence-corrected chi connectivity index (χ2v) is 10.7. The molecule has 0 aliphatic carbocycles. The fourth-order valence-corrected chi connectivity index (χ4v) is 5.52. The van der Waals surface area contributed by atoms with Crippen LogP contribution < -0.4 is 9.62 Å². The quantitative estimate of drug-likeness (QED) is 0.590. The van der Waals surface area contributed by atoms with Crippen LogP contribution in [0.25, 0.3) is 0 Å². The topological polar surface area (TPSA) is 69.7 Å². The number of anilines is 1. The average Bonchev–Trinajstić information content (AvgIpc) is 3.25. The highest BCUT2D eigenvalue weighted by molar-refractivity contribution is 7.92. The standard InChI is InChI=1S/C24H32ClN3O3S/c1-4-23(28(32(3,30)31)21-12-11-18(2)22(25)15-21)24(29)26-16-19-9-5-6-10-20(19)17-27-13-7-8-14-27/h5-6,9-12,15,23H,4,7-8,13-14,16-17H2,1-3H3,(H,26,29)/t23-/m1/s1. The van der Waals surface area contributed by atoms with Crippen LogP contribution in [-0.2, 0) is 27.9 Å². The Morgan fingerprint density at radius 2 is 1.81 bits per heavy atom. The summed E-state index contributed by atoms with van der Waals surface area (Å²) in [6.07, 6.45) is 3.89. The molecule has 32 heavy (non-hydrogen) atoms. The van der Waals surface area contributed by atoms with Gasteiger partial charge in [0.1, 0.15) is 6.04 Å². The van der Waals surface area contributed by atoms with E-state index in [9.17, 15) is 13.2 Å². The normalized spacial score (nSPS) is 15.5. The third-order valence-corrected chi connectivity index (χ3v) is 7.49. The van der Waals surface area contributed by atoms with Crippen LogP contribution in [-0.4, -0.2) is 44.6 Å². The Morgan fingerprint density at radius 3 is 2.41 bits per heavy atom. The molecule has 1 aliphatic rings. The van der Waals surface area contributed by atoms with Crippen molar-refractivity contribution in [2.75, 3.05) is 23.7 Å².